The van der Waals surface area contributed by atoms with Crippen LogP contribution in [0.3, 0.4) is 0 Å². The topological polar surface area (TPSA) is 86.8 Å². The zero-order valence-electron chi connectivity index (χ0n) is 21.8. The minimum absolute atomic E-state index is 0.00863. The number of carbonyl (C=O) groups is 2. The molecule has 0 aliphatic heterocycles. The second-order valence-corrected chi connectivity index (χ2v) is 13.0. The van der Waals surface area contributed by atoms with Crippen molar-refractivity contribution in [3.63, 3.8) is 0 Å². The Morgan fingerprint density at radius 2 is 1.59 bits per heavy atom. The van der Waals surface area contributed by atoms with E-state index in [1.54, 1.807) is 6.07 Å². The van der Waals surface area contributed by atoms with Crippen molar-refractivity contribution >= 4 is 66.7 Å². The van der Waals surface area contributed by atoms with Crippen molar-refractivity contribution in [3.05, 3.63) is 98.4 Å². The summed E-state index contributed by atoms with van der Waals surface area (Å²) in [5, 5.41) is 3.08. The molecule has 3 aromatic carbocycles. The van der Waals surface area contributed by atoms with E-state index < -0.39 is 28.5 Å². The third-order valence-corrected chi connectivity index (χ3v) is 8.25. The van der Waals surface area contributed by atoms with Gasteiger partial charge in [-0.05, 0) is 49.2 Å². The van der Waals surface area contributed by atoms with Gasteiger partial charge in [0.2, 0.25) is 21.8 Å². The lowest BCUT2D eigenvalue weighted by atomic mass is 10.0. The molecule has 39 heavy (non-hydrogen) atoms. The molecule has 11 heteroatoms. The molecule has 2 amide bonds. The maximum absolute atomic E-state index is 14.0. The number of sulfonamides is 1. The average molecular weight is 655 g/mol. The lowest BCUT2D eigenvalue weighted by molar-refractivity contribution is -0.140. The Morgan fingerprint density at radius 3 is 2.21 bits per heavy atom. The van der Waals surface area contributed by atoms with E-state index in [4.69, 9.17) is 23.2 Å². The number of carbonyl (C=O) groups excluding carboxylic acids is 2. The molecule has 0 radical (unpaired) electrons. The summed E-state index contributed by atoms with van der Waals surface area (Å²) in [5.41, 5.74) is 1.69. The number of nitrogens with one attached hydrogen (secondary N) is 1. The van der Waals surface area contributed by atoms with Crippen molar-refractivity contribution in [2.75, 3.05) is 17.1 Å². The molecule has 0 unspecified atom stereocenters. The van der Waals surface area contributed by atoms with Crippen LogP contribution in [0.5, 0.6) is 0 Å². The van der Waals surface area contributed by atoms with Crippen molar-refractivity contribution in [3.8, 4) is 0 Å². The van der Waals surface area contributed by atoms with Gasteiger partial charge in [0.25, 0.3) is 0 Å². The predicted molar refractivity (Wildman–Crippen MR) is 161 cm³/mol. The van der Waals surface area contributed by atoms with Crippen LogP contribution in [0.15, 0.2) is 77.3 Å². The number of hydrogen-bond donors (Lipinski definition) is 1. The van der Waals surface area contributed by atoms with Gasteiger partial charge in [-0.3, -0.25) is 13.9 Å². The summed E-state index contributed by atoms with van der Waals surface area (Å²) < 4.78 is 27.5. The smallest absolute Gasteiger partial charge is 0.244 e. The highest BCUT2D eigenvalue weighted by atomic mass is 79.9. The minimum atomic E-state index is -3.95. The Labute approximate surface area is 248 Å². The summed E-state index contributed by atoms with van der Waals surface area (Å²) in [6.07, 6.45) is 1.22. The molecule has 1 atom stereocenters. The lowest BCUT2D eigenvalue weighted by Gasteiger charge is -2.34. The number of halogens is 3. The maximum Gasteiger partial charge on any atom is 0.244 e. The zero-order chi connectivity index (χ0) is 28.7. The van der Waals surface area contributed by atoms with Crippen molar-refractivity contribution in [2.45, 2.75) is 38.9 Å². The van der Waals surface area contributed by atoms with Gasteiger partial charge in [-0.25, -0.2) is 8.42 Å². The van der Waals surface area contributed by atoms with Crippen LogP contribution in [0.4, 0.5) is 5.69 Å². The molecule has 0 aliphatic carbocycles. The first-order valence-corrected chi connectivity index (χ1v) is 15.6. The van der Waals surface area contributed by atoms with Gasteiger partial charge in [0.05, 0.1) is 22.0 Å². The van der Waals surface area contributed by atoms with E-state index in [1.807, 2.05) is 68.4 Å². The number of anilines is 1. The van der Waals surface area contributed by atoms with E-state index >= 15 is 0 Å². The number of benzene rings is 3. The molecule has 0 saturated carbocycles. The molecule has 3 aromatic rings. The van der Waals surface area contributed by atoms with Crippen molar-refractivity contribution in [2.24, 2.45) is 0 Å². The zero-order valence-corrected chi connectivity index (χ0v) is 25.7. The number of hydrogen-bond acceptors (Lipinski definition) is 4. The van der Waals surface area contributed by atoms with Gasteiger partial charge >= 0.3 is 0 Å². The molecule has 0 fully saturated rings. The SMILES string of the molecule is CC(C)NC(=O)[C@@H](Cc1ccccc1)N(Cc1cccc(Br)c1)C(=O)CN(c1cccc(Cl)c1Cl)S(C)(=O)=O. The van der Waals surface area contributed by atoms with E-state index in [-0.39, 0.29) is 40.6 Å². The van der Waals surface area contributed by atoms with E-state index in [9.17, 15) is 18.0 Å². The third-order valence-electron chi connectivity index (χ3n) is 5.82. The van der Waals surface area contributed by atoms with Gasteiger partial charge in [-0.2, -0.15) is 0 Å². The van der Waals surface area contributed by atoms with Crippen LogP contribution in [0.2, 0.25) is 10.0 Å². The second kappa shape index (κ2) is 13.7. The molecule has 0 spiro atoms. The Bertz CT molecular complexity index is 1420. The highest BCUT2D eigenvalue weighted by Gasteiger charge is 2.33. The normalized spacial score (nSPS) is 12.2. The molecule has 0 bridgehead atoms. The van der Waals surface area contributed by atoms with Crippen LogP contribution < -0.4 is 9.62 Å². The summed E-state index contributed by atoms with van der Waals surface area (Å²) in [5.74, 6) is -0.917. The summed E-state index contributed by atoms with van der Waals surface area (Å²) >= 11 is 16.0. The molecule has 7 nitrogen and oxygen atoms in total. The minimum Gasteiger partial charge on any atom is -0.352 e. The fourth-order valence-corrected chi connectivity index (χ4v) is 5.80. The van der Waals surface area contributed by atoms with Gasteiger partial charge < -0.3 is 10.2 Å². The summed E-state index contributed by atoms with van der Waals surface area (Å²) in [4.78, 5) is 29.0. The molecular weight excluding hydrogens is 625 g/mol. The van der Waals surface area contributed by atoms with Crippen LogP contribution >= 0.6 is 39.1 Å². The Kier molecular flexibility index (Phi) is 10.8. The van der Waals surface area contributed by atoms with Crippen LogP contribution in [0, 0.1) is 0 Å². The first kappa shape index (κ1) is 30.9. The molecule has 0 saturated heterocycles. The quantitative estimate of drug-likeness (QED) is 0.288. The number of rotatable bonds is 11. The summed E-state index contributed by atoms with van der Waals surface area (Å²) in [6.45, 7) is 3.17. The Morgan fingerprint density at radius 1 is 0.949 bits per heavy atom. The molecule has 1 N–H and O–H groups in total. The largest absolute Gasteiger partial charge is 0.352 e. The van der Waals surface area contributed by atoms with Crippen molar-refractivity contribution in [1.29, 1.82) is 0 Å². The van der Waals surface area contributed by atoms with Gasteiger partial charge in [-0.15, -0.1) is 0 Å². The average Bonchev–Trinajstić information content (AvgIpc) is 2.86. The molecule has 0 aromatic heterocycles. The number of nitrogens with zero attached hydrogens (tertiary/aromatic N) is 2. The lowest BCUT2D eigenvalue weighted by Crippen LogP contribution is -2.54. The van der Waals surface area contributed by atoms with Crippen LogP contribution in [-0.4, -0.2) is 50.0 Å². The Hall–Kier alpha value is -2.59. The van der Waals surface area contributed by atoms with Gasteiger partial charge in [0, 0.05) is 23.5 Å². The fraction of sp³-hybridized carbons (Fsp3) is 0.286. The van der Waals surface area contributed by atoms with E-state index in [2.05, 4.69) is 21.2 Å². The maximum atomic E-state index is 14.0. The molecule has 0 aliphatic rings. The molecule has 208 valence electrons. The highest BCUT2D eigenvalue weighted by molar-refractivity contribution is 9.10. The summed E-state index contributed by atoms with van der Waals surface area (Å²) in [6, 6.07) is 20.2. The standard InChI is InChI=1S/C28H30BrCl2N3O4S/c1-19(2)32-28(36)25(16-20-9-5-4-6-10-20)33(17-21-11-7-12-22(29)15-21)26(35)18-34(39(3,37)38)24-14-8-13-23(30)27(24)31/h4-15,19,25H,16-18H2,1-3H3,(H,32,36)/t25-/m1/s1. The third kappa shape index (κ3) is 8.70. The van der Waals surface area contributed by atoms with Crippen LogP contribution in [0.1, 0.15) is 25.0 Å². The van der Waals surface area contributed by atoms with Crippen molar-refractivity contribution < 1.29 is 18.0 Å². The summed E-state index contributed by atoms with van der Waals surface area (Å²) in [7, 11) is -3.95. The monoisotopic (exact) mass is 653 g/mol. The molecular formula is C28H30BrCl2N3O4S. The number of amides is 2. The molecule has 0 heterocycles. The first-order chi connectivity index (χ1) is 18.4. The predicted octanol–water partition coefficient (Wildman–Crippen LogP) is 5.69. The van der Waals surface area contributed by atoms with E-state index in [0.717, 1.165) is 26.2 Å². The van der Waals surface area contributed by atoms with Crippen LogP contribution in [-0.2, 0) is 32.6 Å². The first-order valence-electron chi connectivity index (χ1n) is 12.2. The van der Waals surface area contributed by atoms with E-state index in [0.29, 0.717) is 0 Å². The van der Waals surface area contributed by atoms with Gasteiger partial charge in [0.1, 0.15) is 12.6 Å². The second-order valence-electron chi connectivity index (χ2n) is 9.36. The Balaban J connectivity index is 2.08. The van der Waals surface area contributed by atoms with Crippen molar-refractivity contribution in [1.82, 2.24) is 10.2 Å². The van der Waals surface area contributed by atoms with Crippen LogP contribution in [0.25, 0.3) is 0 Å². The fourth-order valence-electron chi connectivity index (χ4n) is 4.05. The highest BCUT2D eigenvalue weighted by Crippen LogP contribution is 2.34. The van der Waals surface area contributed by atoms with Gasteiger partial charge in [-0.1, -0.05) is 87.7 Å². The molecule has 3 rings (SSSR count). The van der Waals surface area contributed by atoms with E-state index in [1.165, 1.54) is 17.0 Å². The van der Waals surface area contributed by atoms with Gasteiger partial charge in [0.15, 0.2) is 0 Å².